The van der Waals surface area contributed by atoms with Crippen molar-refractivity contribution in [2.24, 2.45) is 0 Å². The Morgan fingerprint density at radius 1 is 1.23 bits per heavy atom. The largest absolute Gasteiger partial charge is 0.434 e. The van der Waals surface area contributed by atoms with Crippen LogP contribution in [0.1, 0.15) is 16.8 Å². The molecular formula is C19H16ClF2N3O. The minimum absolute atomic E-state index is 0.223. The van der Waals surface area contributed by atoms with Crippen LogP contribution in [0.25, 0.3) is 11.0 Å². The normalized spacial score (nSPS) is 14.6. The van der Waals surface area contributed by atoms with E-state index in [1.54, 1.807) is 18.3 Å². The quantitative estimate of drug-likeness (QED) is 0.675. The van der Waals surface area contributed by atoms with Crippen LogP contribution in [0, 0.1) is 0 Å². The third-order valence-corrected chi connectivity index (χ3v) is 4.65. The molecule has 1 aliphatic rings. The molecule has 7 heteroatoms. The lowest BCUT2D eigenvalue weighted by Gasteiger charge is -2.28. The highest BCUT2D eigenvalue weighted by atomic mass is 35.5. The Labute approximate surface area is 154 Å². The van der Waals surface area contributed by atoms with Gasteiger partial charge in [0.1, 0.15) is 5.75 Å². The molecule has 0 unspecified atom stereocenters. The molecule has 0 radical (unpaired) electrons. The van der Waals surface area contributed by atoms with E-state index in [1.165, 1.54) is 0 Å². The molecule has 4 rings (SSSR count). The fraction of sp³-hybridized carbons (Fsp3) is 0.263. The molecule has 1 aliphatic heterocycles. The molecular weight excluding hydrogens is 360 g/mol. The number of halogens is 3. The Balaban J connectivity index is 1.57. The molecule has 0 amide bonds. The average molecular weight is 376 g/mol. The Hall–Kier alpha value is -2.31. The van der Waals surface area contributed by atoms with E-state index in [0.29, 0.717) is 23.8 Å². The van der Waals surface area contributed by atoms with Gasteiger partial charge in [-0.15, -0.1) is 0 Å². The summed E-state index contributed by atoms with van der Waals surface area (Å²) >= 11 is 6.02. The molecule has 0 saturated carbocycles. The molecule has 0 spiro atoms. The lowest BCUT2D eigenvalue weighted by Crippen LogP contribution is -2.31. The van der Waals surface area contributed by atoms with Crippen LogP contribution in [0.2, 0.25) is 5.02 Å². The SMILES string of the molecule is FC(F)Oc1ccccc1CN1CCc2nc3ncc(Cl)cc3cc2C1. The zero-order valence-corrected chi connectivity index (χ0v) is 14.6. The third kappa shape index (κ3) is 3.61. The number of fused-ring (bicyclic) bond motifs is 2. The van der Waals surface area contributed by atoms with Gasteiger partial charge in [0.25, 0.3) is 0 Å². The first-order chi connectivity index (χ1) is 12.6. The number of ether oxygens (including phenoxy) is 1. The minimum Gasteiger partial charge on any atom is -0.434 e. The van der Waals surface area contributed by atoms with Gasteiger partial charge in [-0.2, -0.15) is 8.78 Å². The maximum atomic E-state index is 12.6. The number of para-hydroxylation sites is 1. The van der Waals surface area contributed by atoms with Crippen LogP contribution < -0.4 is 4.74 Å². The van der Waals surface area contributed by atoms with E-state index >= 15 is 0 Å². The number of rotatable bonds is 4. The fourth-order valence-electron chi connectivity index (χ4n) is 3.28. The van der Waals surface area contributed by atoms with Crippen molar-refractivity contribution in [3.63, 3.8) is 0 Å². The molecule has 26 heavy (non-hydrogen) atoms. The molecule has 3 aromatic rings. The van der Waals surface area contributed by atoms with Crippen molar-refractivity contribution in [3.8, 4) is 5.75 Å². The summed E-state index contributed by atoms with van der Waals surface area (Å²) in [5.41, 5.74) is 3.58. The first kappa shape index (κ1) is 17.1. The molecule has 4 nitrogen and oxygen atoms in total. The second-order valence-corrected chi connectivity index (χ2v) is 6.68. The van der Waals surface area contributed by atoms with Gasteiger partial charge in [-0.25, -0.2) is 9.97 Å². The number of aromatic nitrogens is 2. The maximum absolute atomic E-state index is 12.6. The summed E-state index contributed by atoms with van der Waals surface area (Å²) in [6.07, 6.45) is 2.38. The van der Waals surface area contributed by atoms with Gasteiger partial charge in [-0.3, -0.25) is 4.90 Å². The monoisotopic (exact) mass is 375 g/mol. The van der Waals surface area contributed by atoms with Gasteiger partial charge in [-0.1, -0.05) is 29.8 Å². The summed E-state index contributed by atoms with van der Waals surface area (Å²) < 4.78 is 29.8. The Morgan fingerprint density at radius 2 is 2.08 bits per heavy atom. The predicted octanol–water partition coefficient (Wildman–Crippen LogP) is 4.44. The van der Waals surface area contributed by atoms with Gasteiger partial charge in [-0.05, 0) is 23.8 Å². The van der Waals surface area contributed by atoms with E-state index in [4.69, 9.17) is 11.6 Å². The maximum Gasteiger partial charge on any atom is 0.387 e. The predicted molar refractivity (Wildman–Crippen MR) is 95.4 cm³/mol. The zero-order chi connectivity index (χ0) is 18.1. The number of hydrogen-bond donors (Lipinski definition) is 0. The lowest BCUT2D eigenvalue weighted by atomic mass is 10.0. The molecule has 0 saturated heterocycles. The van der Waals surface area contributed by atoms with Crippen molar-refractivity contribution < 1.29 is 13.5 Å². The molecule has 0 bridgehead atoms. The molecule has 2 aromatic heterocycles. The number of benzene rings is 1. The topological polar surface area (TPSA) is 38.2 Å². The molecule has 1 aromatic carbocycles. The van der Waals surface area contributed by atoms with Crippen LogP contribution in [0.4, 0.5) is 8.78 Å². The van der Waals surface area contributed by atoms with Crippen molar-refractivity contribution >= 4 is 22.6 Å². The zero-order valence-electron chi connectivity index (χ0n) is 13.8. The molecule has 0 N–H and O–H groups in total. The van der Waals surface area contributed by atoms with E-state index in [-0.39, 0.29) is 5.75 Å². The summed E-state index contributed by atoms with van der Waals surface area (Å²) in [5, 5.41) is 1.48. The second kappa shape index (κ2) is 7.13. The van der Waals surface area contributed by atoms with Crippen molar-refractivity contribution in [1.29, 1.82) is 0 Å². The summed E-state index contributed by atoms with van der Waals surface area (Å²) in [6.45, 7) is -0.810. The molecule has 0 fully saturated rings. The summed E-state index contributed by atoms with van der Waals surface area (Å²) in [6, 6.07) is 10.8. The number of hydrogen-bond acceptors (Lipinski definition) is 4. The summed E-state index contributed by atoms with van der Waals surface area (Å²) in [7, 11) is 0. The smallest absolute Gasteiger partial charge is 0.387 e. The highest BCUT2D eigenvalue weighted by molar-refractivity contribution is 6.31. The van der Waals surface area contributed by atoms with Crippen LogP contribution >= 0.6 is 11.6 Å². The fourth-order valence-corrected chi connectivity index (χ4v) is 3.44. The van der Waals surface area contributed by atoms with E-state index in [0.717, 1.165) is 35.2 Å². The number of pyridine rings is 2. The first-order valence-electron chi connectivity index (χ1n) is 8.27. The molecule has 0 atom stereocenters. The van der Waals surface area contributed by atoms with Crippen molar-refractivity contribution in [2.45, 2.75) is 26.1 Å². The van der Waals surface area contributed by atoms with E-state index < -0.39 is 6.61 Å². The van der Waals surface area contributed by atoms with Gasteiger partial charge in [0.15, 0.2) is 5.65 Å². The number of alkyl halides is 2. The molecule has 134 valence electrons. The van der Waals surface area contributed by atoms with Gasteiger partial charge in [0.05, 0.1) is 5.02 Å². The molecule has 0 aliphatic carbocycles. The highest BCUT2D eigenvalue weighted by Crippen LogP contribution is 2.27. The first-order valence-corrected chi connectivity index (χ1v) is 8.65. The average Bonchev–Trinajstić information content (AvgIpc) is 2.61. The van der Waals surface area contributed by atoms with E-state index in [2.05, 4.69) is 25.7 Å². The standard InChI is InChI=1S/C19H16ClF2N3O/c20-15-8-13-7-14-11-25(6-5-16(14)24-18(13)23-9-15)10-12-3-1-2-4-17(12)26-19(21)22/h1-4,7-9,19H,5-6,10-11H2. The van der Waals surface area contributed by atoms with Gasteiger partial charge >= 0.3 is 6.61 Å². The third-order valence-electron chi connectivity index (χ3n) is 4.44. The van der Waals surface area contributed by atoms with Crippen molar-refractivity contribution in [2.75, 3.05) is 6.54 Å². The van der Waals surface area contributed by atoms with Gasteiger partial charge in [0.2, 0.25) is 0 Å². The number of nitrogens with zero attached hydrogens (tertiary/aromatic N) is 3. The van der Waals surface area contributed by atoms with Crippen LogP contribution in [-0.4, -0.2) is 28.0 Å². The summed E-state index contributed by atoms with van der Waals surface area (Å²) in [5.74, 6) is 0.223. The van der Waals surface area contributed by atoms with Gasteiger partial charge in [0, 0.05) is 48.9 Å². The van der Waals surface area contributed by atoms with E-state index in [1.807, 2.05) is 18.2 Å². The van der Waals surface area contributed by atoms with Crippen molar-refractivity contribution in [1.82, 2.24) is 14.9 Å². The Bertz CT molecular complexity index is 951. The van der Waals surface area contributed by atoms with Crippen LogP contribution in [0.5, 0.6) is 5.75 Å². The lowest BCUT2D eigenvalue weighted by molar-refractivity contribution is -0.0508. The van der Waals surface area contributed by atoms with Crippen molar-refractivity contribution in [3.05, 3.63) is 64.4 Å². The second-order valence-electron chi connectivity index (χ2n) is 6.24. The van der Waals surface area contributed by atoms with Crippen LogP contribution in [0.15, 0.2) is 42.6 Å². The Morgan fingerprint density at radius 3 is 2.92 bits per heavy atom. The van der Waals surface area contributed by atoms with Crippen LogP contribution in [0.3, 0.4) is 0 Å². The molecule has 3 heterocycles. The van der Waals surface area contributed by atoms with Crippen LogP contribution in [-0.2, 0) is 19.5 Å². The highest BCUT2D eigenvalue weighted by Gasteiger charge is 2.20. The Kier molecular flexibility index (Phi) is 4.70. The van der Waals surface area contributed by atoms with Gasteiger partial charge < -0.3 is 4.74 Å². The summed E-state index contributed by atoms with van der Waals surface area (Å²) in [4.78, 5) is 11.1. The minimum atomic E-state index is -2.83. The van der Waals surface area contributed by atoms with E-state index in [9.17, 15) is 8.78 Å².